The first-order valence-electron chi connectivity index (χ1n) is 3.73. The predicted molar refractivity (Wildman–Crippen MR) is 44.9 cm³/mol. The van der Waals surface area contributed by atoms with Crippen LogP contribution in [0.1, 0.15) is 33.6 Å². The van der Waals surface area contributed by atoms with Gasteiger partial charge in [-0.15, -0.1) is 0 Å². The molecule has 0 bridgehead atoms. The first-order chi connectivity index (χ1) is 4.45. The summed E-state index contributed by atoms with van der Waals surface area (Å²) in [5.41, 5.74) is 1.46. The average molecular weight is 142 g/mol. The first-order valence-corrected chi connectivity index (χ1v) is 3.73. The molecule has 0 saturated carbocycles. The summed E-state index contributed by atoms with van der Waals surface area (Å²) in [6, 6.07) is 0. The van der Waals surface area contributed by atoms with Gasteiger partial charge in [-0.1, -0.05) is 32.9 Å². The lowest BCUT2D eigenvalue weighted by Crippen LogP contribution is -2.06. The van der Waals surface area contributed by atoms with Gasteiger partial charge in [-0.25, -0.2) is 0 Å². The highest BCUT2D eigenvalue weighted by Gasteiger charge is 2.10. The molecule has 0 atom stereocenters. The fourth-order valence-corrected chi connectivity index (χ4v) is 0.997. The zero-order valence-corrected chi connectivity index (χ0v) is 7.28. The summed E-state index contributed by atoms with van der Waals surface area (Å²) in [5.74, 6) is 0. The number of hydrogen-bond acceptors (Lipinski definition) is 1. The van der Waals surface area contributed by atoms with Gasteiger partial charge in [-0.3, -0.25) is 0 Å². The van der Waals surface area contributed by atoms with Crippen LogP contribution in [0.2, 0.25) is 0 Å². The Kier molecular flexibility index (Phi) is 3.66. The van der Waals surface area contributed by atoms with Crippen molar-refractivity contribution in [2.45, 2.75) is 33.6 Å². The standard InChI is InChI=1S/C9H18O/c1-8(5-6-10)7-9(2,3)4/h10H,1,5-7H2,2-4H3. The van der Waals surface area contributed by atoms with Crippen molar-refractivity contribution < 1.29 is 5.11 Å². The Bertz CT molecular complexity index is 108. The van der Waals surface area contributed by atoms with E-state index in [1.54, 1.807) is 0 Å². The second-order valence-corrected chi connectivity index (χ2v) is 3.96. The zero-order valence-electron chi connectivity index (χ0n) is 7.28. The zero-order chi connectivity index (χ0) is 8.20. The van der Waals surface area contributed by atoms with E-state index in [9.17, 15) is 0 Å². The van der Waals surface area contributed by atoms with Crippen LogP contribution >= 0.6 is 0 Å². The summed E-state index contributed by atoms with van der Waals surface area (Å²) >= 11 is 0. The van der Waals surface area contributed by atoms with Gasteiger partial charge in [0.25, 0.3) is 0 Å². The van der Waals surface area contributed by atoms with Gasteiger partial charge in [0.15, 0.2) is 0 Å². The monoisotopic (exact) mass is 142 g/mol. The highest BCUT2D eigenvalue weighted by atomic mass is 16.2. The van der Waals surface area contributed by atoms with Crippen molar-refractivity contribution in [3.05, 3.63) is 12.2 Å². The Morgan fingerprint density at radius 1 is 1.40 bits per heavy atom. The molecule has 1 heteroatoms. The van der Waals surface area contributed by atoms with Crippen LogP contribution in [0.5, 0.6) is 0 Å². The van der Waals surface area contributed by atoms with Gasteiger partial charge in [0.1, 0.15) is 0 Å². The van der Waals surface area contributed by atoms with Crippen molar-refractivity contribution in [1.82, 2.24) is 0 Å². The van der Waals surface area contributed by atoms with Crippen molar-refractivity contribution in [2.75, 3.05) is 6.61 Å². The molecule has 60 valence electrons. The molecule has 0 aliphatic heterocycles. The van der Waals surface area contributed by atoms with Crippen LogP contribution in [0.4, 0.5) is 0 Å². The normalized spacial score (nSPS) is 11.6. The third-order valence-electron chi connectivity index (χ3n) is 1.25. The Morgan fingerprint density at radius 3 is 2.20 bits per heavy atom. The topological polar surface area (TPSA) is 20.2 Å². The van der Waals surface area contributed by atoms with Crippen molar-refractivity contribution in [2.24, 2.45) is 5.41 Å². The van der Waals surface area contributed by atoms with Crippen molar-refractivity contribution in [3.63, 3.8) is 0 Å². The minimum absolute atomic E-state index is 0.231. The smallest absolute Gasteiger partial charge is 0.0468 e. The molecule has 10 heavy (non-hydrogen) atoms. The van der Waals surface area contributed by atoms with E-state index >= 15 is 0 Å². The largest absolute Gasteiger partial charge is 0.396 e. The number of rotatable bonds is 3. The molecule has 0 heterocycles. The molecule has 1 nitrogen and oxygen atoms in total. The highest BCUT2D eigenvalue weighted by molar-refractivity contribution is 4.97. The van der Waals surface area contributed by atoms with Crippen molar-refractivity contribution >= 4 is 0 Å². The number of aliphatic hydroxyl groups excluding tert-OH is 1. The number of hydrogen-bond donors (Lipinski definition) is 1. The SMILES string of the molecule is C=C(CCO)CC(C)(C)C. The maximum Gasteiger partial charge on any atom is 0.0468 e. The summed E-state index contributed by atoms with van der Waals surface area (Å²) in [7, 11) is 0. The second-order valence-electron chi connectivity index (χ2n) is 3.96. The third kappa shape index (κ3) is 5.83. The summed E-state index contributed by atoms with van der Waals surface area (Å²) in [5, 5.41) is 8.57. The molecule has 0 unspecified atom stereocenters. The van der Waals surface area contributed by atoms with Gasteiger partial charge < -0.3 is 5.11 Å². The molecule has 0 aliphatic rings. The molecule has 0 radical (unpaired) electrons. The minimum atomic E-state index is 0.231. The van der Waals surface area contributed by atoms with Crippen molar-refractivity contribution in [1.29, 1.82) is 0 Å². The summed E-state index contributed by atoms with van der Waals surface area (Å²) in [6.45, 7) is 10.6. The third-order valence-corrected chi connectivity index (χ3v) is 1.25. The molecule has 0 rings (SSSR count). The Morgan fingerprint density at radius 2 is 1.90 bits per heavy atom. The van der Waals surface area contributed by atoms with E-state index in [2.05, 4.69) is 27.4 Å². The highest BCUT2D eigenvalue weighted by Crippen LogP contribution is 2.24. The lowest BCUT2D eigenvalue weighted by atomic mass is 9.88. The molecule has 0 saturated heterocycles. The quantitative estimate of drug-likeness (QED) is 0.600. The lowest BCUT2D eigenvalue weighted by Gasteiger charge is -2.18. The molecule has 0 spiro atoms. The Balaban J connectivity index is 3.58. The maximum absolute atomic E-state index is 8.57. The fraction of sp³-hybridized carbons (Fsp3) is 0.778. The first kappa shape index (κ1) is 9.70. The molecule has 0 aromatic carbocycles. The van der Waals surface area contributed by atoms with E-state index in [0.29, 0.717) is 5.41 Å². The van der Waals surface area contributed by atoms with Gasteiger partial charge in [0, 0.05) is 6.61 Å². The van der Waals surface area contributed by atoms with E-state index in [0.717, 1.165) is 18.4 Å². The molecule has 0 aliphatic carbocycles. The molecule has 0 amide bonds. The lowest BCUT2D eigenvalue weighted by molar-refractivity contribution is 0.292. The molecule has 1 N–H and O–H groups in total. The van der Waals surface area contributed by atoms with E-state index < -0.39 is 0 Å². The van der Waals surface area contributed by atoms with Gasteiger partial charge in [-0.2, -0.15) is 0 Å². The van der Waals surface area contributed by atoms with Gasteiger partial charge >= 0.3 is 0 Å². The van der Waals surface area contributed by atoms with Crippen LogP contribution in [0.25, 0.3) is 0 Å². The molecule has 0 aromatic rings. The van der Waals surface area contributed by atoms with Gasteiger partial charge in [0.05, 0.1) is 0 Å². The molecular formula is C9H18O. The minimum Gasteiger partial charge on any atom is -0.396 e. The van der Waals surface area contributed by atoms with Gasteiger partial charge in [-0.05, 0) is 18.3 Å². The molecular weight excluding hydrogens is 124 g/mol. The Labute approximate surface area is 63.8 Å². The van der Waals surface area contributed by atoms with Crippen LogP contribution in [0, 0.1) is 5.41 Å². The van der Waals surface area contributed by atoms with E-state index in [-0.39, 0.29) is 6.61 Å². The average Bonchev–Trinajstić information content (AvgIpc) is 1.59. The van der Waals surface area contributed by atoms with Crippen LogP contribution in [0.15, 0.2) is 12.2 Å². The number of aliphatic hydroxyl groups is 1. The Hall–Kier alpha value is -0.300. The summed E-state index contributed by atoms with van der Waals surface area (Å²) < 4.78 is 0. The summed E-state index contributed by atoms with van der Waals surface area (Å²) in [4.78, 5) is 0. The fourth-order valence-electron chi connectivity index (χ4n) is 0.997. The maximum atomic E-state index is 8.57. The molecule has 0 fully saturated rings. The molecule has 0 aromatic heterocycles. The van der Waals surface area contributed by atoms with E-state index in [1.807, 2.05) is 0 Å². The second kappa shape index (κ2) is 3.77. The van der Waals surface area contributed by atoms with Crippen LogP contribution in [-0.4, -0.2) is 11.7 Å². The van der Waals surface area contributed by atoms with Crippen LogP contribution in [-0.2, 0) is 0 Å². The van der Waals surface area contributed by atoms with Gasteiger partial charge in [0.2, 0.25) is 0 Å². The van der Waals surface area contributed by atoms with Crippen molar-refractivity contribution in [3.8, 4) is 0 Å². The predicted octanol–water partition coefficient (Wildman–Crippen LogP) is 2.36. The van der Waals surface area contributed by atoms with E-state index in [4.69, 9.17) is 5.11 Å². The van der Waals surface area contributed by atoms with Crippen LogP contribution < -0.4 is 0 Å². The summed E-state index contributed by atoms with van der Waals surface area (Å²) in [6.07, 6.45) is 1.75. The van der Waals surface area contributed by atoms with Crippen LogP contribution in [0.3, 0.4) is 0 Å². The van der Waals surface area contributed by atoms with E-state index in [1.165, 1.54) is 0 Å².